The Morgan fingerprint density at radius 1 is 0.562 bits per heavy atom. The van der Waals surface area contributed by atoms with Crippen LogP contribution in [0.25, 0.3) is 0 Å². The van der Waals surface area contributed by atoms with Crippen molar-refractivity contribution in [1.29, 1.82) is 0 Å². The highest BCUT2D eigenvalue weighted by molar-refractivity contribution is 7.47. The summed E-state index contributed by atoms with van der Waals surface area (Å²) < 4.78 is 47.8. The van der Waals surface area contributed by atoms with Gasteiger partial charge in [0.1, 0.15) is 12.7 Å². The van der Waals surface area contributed by atoms with Crippen LogP contribution < -0.4 is 0 Å². The standard InChI is InChI=1S/C48H88O14P2/c1-4-5-6-7-8-17-21-25-30-35-44(49)36-31-26-23-28-32-37-47(51)58-41-46(42-61-64(56,57)60-40-45(50)39-59-63(53,54)55)62-48(52)38-33-27-22-19-16-14-12-10-9-11-13-15-18-20-24-29-34-43(2)3/h8,17,23,25-26,30-31,36,43-46,49-50H,4-7,9-16,18-22,24,27-29,32-35,37-42H2,1-3H3,(H,56,57)(H2,53,54,55)/b17-8-,26-23+,30-25-,36-31-/t44?,45-,46+/m0/s1. The van der Waals surface area contributed by atoms with Crippen LogP contribution in [0.3, 0.4) is 0 Å². The maximum Gasteiger partial charge on any atom is 0.472 e. The smallest absolute Gasteiger partial charge is 0.462 e. The molecule has 0 radical (unpaired) electrons. The molecule has 2 unspecified atom stereocenters. The molecule has 0 saturated heterocycles. The zero-order valence-corrected chi connectivity index (χ0v) is 41.4. The van der Waals surface area contributed by atoms with E-state index in [-0.39, 0.29) is 12.8 Å². The summed E-state index contributed by atoms with van der Waals surface area (Å²) >= 11 is 0. The fraction of sp³-hybridized carbons (Fsp3) is 0.792. The van der Waals surface area contributed by atoms with Crippen LogP contribution in [0.5, 0.6) is 0 Å². The maximum atomic E-state index is 12.7. The number of allylic oxidation sites excluding steroid dienone is 6. The second-order valence-corrected chi connectivity index (χ2v) is 19.8. The Hall–Kier alpha value is -1.96. The first-order valence-corrected chi connectivity index (χ1v) is 27.3. The maximum absolute atomic E-state index is 12.7. The number of hydrogen-bond acceptors (Lipinski definition) is 11. The second kappa shape index (κ2) is 42.4. The molecule has 0 aromatic rings. The number of unbranched alkanes of at least 4 members (excludes halogenated alkanes) is 19. The van der Waals surface area contributed by atoms with E-state index in [4.69, 9.17) is 23.8 Å². The molecular weight excluding hydrogens is 862 g/mol. The minimum atomic E-state index is -4.88. The van der Waals surface area contributed by atoms with E-state index in [1.807, 2.05) is 18.2 Å². The number of phosphoric acid groups is 2. The van der Waals surface area contributed by atoms with Gasteiger partial charge in [-0.25, -0.2) is 9.13 Å². The molecule has 0 rings (SSSR count). The van der Waals surface area contributed by atoms with Gasteiger partial charge >= 0.3 is 27.6 Å². The molecule has 5 N–H and O–H groups in total. The largest absolute Gasteiger partial charge is 0.472 e. The van der Waals surface area contributed by atoms with Gasteiger partial charge < -0.3 is 34.4 Å². The molecule has 4 atom stereocenters. The van der Waals surface area contributed by atoms with Crippen molar-refractivity contribution in [3.63, 3.8) is 0 Å². The molecule has 0 fully saturated rings. The number of carbonyl (C=O) groups is 2. The molecule has 0 spiro atoms. The van der Waals surface area contributed by atoms with Crippen LogP contribution in [0.1, 0.15) is 194 Å². The monoisotopic (exact) mass is 951 g/mol. The van der Waals surface area contributed by atoms with E-state index in [1.165, 1.54) is 96.3 Å². The van der Waals surface area contributed by atoms with Crippen molar-refractivity contribution >= 4 is 27.6 Å². The van der Waals surface area contributed by atoms with Crippen molar-refractivity contribution in [2.45, 2.75) is 212 Å². The van der Waals surface area contributed by atoms with Gasteiger partial charge in [0, 0.05) is 12.8 Å². The minimum absolute atomic E-state index is 0.0606. The third-order valence-corrected chi connectivity index (χ3v) is 11.7. The zero-order valence-electron chi connectivity index (χ0n) is 39.7. The molecular formula is C48H88O14P2. The summed E-state index contributed by atoms with van der Waals surface area (Å²) in [7, 11) is -9.72. The highest BCUT2D eigenvalue weighted by atomic mass is 31.2. The van der Waals surface area contributed by atoms with Gasteiger partial charge in [-0.3, -0.25) is 23.2 Å². The summed E-state index contributed by atoms with van der Waals surface area (Å²) in [4.78, 5) is 52.8. The van der Waals surface area contributed by atoms with Crippen LogP contribution in [0, 0.1) is 5.92 Å². The normalized spacial score (nSPS) is 14.9. The van der Waals surface area contributed by atoms with Gasteiger partial charge in [-0.2, -0.15) is 0 Å². The SMILES string of the molecule is CCCCC/C=C\C/C=C\CC(O)/C=C\C=C\CCCC(=O)OC[C@H](COP(=O)(O)OC[C@@H](O)COP(=O)(O)O)OC(=O)CCCCCCCCCCCCCCCCCCC(C)C. The van der Waals surface area contributed by atoms with E-state index in [9.17, 15) is 33.8 Å². The fourth-order valence-corrected chi connectivity index (χ4v) is 7.64. The molecule has 0 amide bonds. The molecule has 14 nitrogen and oxygen atoms in total. The Kier molecular flexibility index (Phi) is 41.1. The second-order valence-electron chi connectivity index (χ2n) is 17.1. The van der Waals surface area contributed by atoms with E-state index >= 15 is 0 Å². The number of hydrogen-bond donors (Lipinski definition) is 5. The number of aliphatic hydroxyl groups is 2. The van der Waals surface area contributed by atoms with E-state index in [0.717, 1.165) is 44.4 Å². The van der Waals surface area contributed by atoms with Crippen LogP contribution >= 0.6 is 15.6 Å². The van der Waals surface area contributed by atoms with Crippen LogP contribution in [0.4, 0.5) is 0 Å². The Balaban J connectivity index is 4.58. The Morgan fingerprint density at radius 2 is 1.09 bits per heavy atom. The lowest BCUT2D eigenvalue weighted by Gasteiger charge is -2.20. The van der Waals surface area contributed by atoms with Crippen molar-refractivity contribution in [3.05, 3.63) is 48.6 Å². The number of rotatable bonds is 45. The molecule has 0 aliphatic carbocycles. The van der Waals surface area contributed by atoms with Crippen molar-refractivity contribution in [2.24, 2.45) is 5.92 Å². The lowest BCUT2D eigenvalue weighted by atomic mass is 10.0. The topological polar surface area (TPSA) is 216 Å². The van der Waals surface area contributed by atoms with Gasteiger partial charge in [-0.05, 0) is 50.9 Å². The quantitative estimate of drug-likeness (QED) is 0.0126. The van der Waals surface area contributed by atoms with Crippen LogP contribution in [0.15, 0.2) is 48.6 Å². The highest BCUT2D eigenvalue weighted by Gasteiger charge is 2.28. The van der Waals surface area contributed by atoms with Gasteiger partial charge in [-0.15, -0.1) is 0 Å². The zero-order chi connectivity index (χ0) is 47.6. The molecule has 64 heavy (non-hydrogen) atoms. The Labute approximate surface area is 386 Å². The van der Waals surface area contributed by atoms with E-state index in [2.05, 4.69) is 42.0 Å². The summed E-state index contributed by atoms with van der Waals surface area (Å²) in [5.41, 5.74) is 0. The molecule has 16 heteroatoms. The first kappa shape index (κ1) is 62.0. The van der Waals surface area contributed by atoms with Crippen molar-refractivity contribution in [2.75, 3.05) is 26.4 Å². The van der Waals surface area contributed by atoms with E-state index < -0.39 is 72.3 Å². The number of aliphatic hydroxyl groups excluding tert-OH is 2. The van der Waals surface area contributed by atoms with Gasteiger partial charge in [0.05, 0.1) is 25.9 Å². The number of carbonyl (C=O) groups excluding carboxylic acids is 2. The molecule has 0 aliphatic rings. The van der Waals surface area contributed by atoms with Gasteiger partial charge in [0.15, 0.2) is 6.10 Å². The third kappa shape index (κ3) is 46.6. The van der Waals surface area contributed by atoms with Crippen LogP contribution in [0.2, 0.25) is 0 Å². The average Bonchev–Trinajstić information content (AvgIpc) is 3.24. The lowest BCUT2D eigenvalue weighted by Crippen LogP contribution is -2.30. The number of phosphoric ester groups is 2. The molecule has 0 aliphatic heterocycles. The van der Waals surface area contributed by atoms with Gasteiger partial charge in [0.2, 0.25) is 0 Å². The minimum Gasteiger partial charge on any atom is -0.462 e. The van der Waals surface area contributed by atoms with Gasteiger partial charge in [-0.1, -0.05) is 185 Å². The summed E-state index contributed by atoms with van der Waals surface area (Å²) in [6.07, 6.45) is 39.9. The summed E-state index contributed by atoms with van der Waals surface area (Å²) in [5, 5.41) is 19.9. The van der Waals surface area contributed by atoms with Gasteiger partial charge in [0.25, 0.3) is 0 Å². The van der Waals surface area contributed by atoms with Crippen LogP contribution in [-0.2, 0) is 41.8 Å². The number of ether oxygens (including phenoxy) is 2. The summed E-state index contributed by atoms with van der Waals surface area (Å²) in [6, 6.07) is 0. The average molecular weight is 951 g/mol. The lowest BCUT2D eigenvalue weighted by molar-refractivity contribution is -0.161. The van der Waals surface area contributed by atoms with E-state index in [0.29, 0.717) is 25.7 Å². The third-order valence-electron chi connectivity index (χ3n) is 10.2. The highest BCUT2D eigenvalue weighted by Crippen LogP contribution is 2.43. The Morgan fingerprint density at radius 3 is 1.69 bits per heavy atom. The molecule has 0 saturated carbocycles. The fourth-order valence-electron chi connectivity index (χ4n) is 6.49. The molecule has 0 aromatic carbocycles. The van der Waals surface area contributed by atoms with Crippen molar-refractivity contribution < 1.29 is 66.7 Å². The molecule has 0 bridgehead atoms. The first-order chi connectivity index (χ1) is 30.6. The van der Waals surface area contributed by atoms with Crippen molar-refractivity contribution in [3.8, 4) is 0 Å². The summed E-state index contributed by atoms with van der Waals surface area (Å²) in [5.74, 6) is -0.341. The first-order valence-electron chi connectivity index (χ1n) is 24.3. The van der Waals surface area contributed by atoms with Crippen LogP contribution in [-0.4, -0.2) is 81.6 Å². The van der Waals surface area contributed by atoms with E-state index in [1.54, 1.807) is 18.2 Å². The predicted octanol–water partition coefficient (Wildman–Crippen LogP) is 11.8. The predicted molar refractivity (Wildman–Crippen MR) is 254 cm³/mol. The Bertz CT molecular complexity index is 1350. The molecule has 0 heterocycles. The molecule has 374 valence electrons. The summed E-state index contributed by atoms with van der Waals surface area (Å²) in [6.45, 7) is 3.93. The molecule has 0 aromatic heterocycles. The number of esters is 2. The van der Waals surface area contributed by atoms with Crippen molar-refractivity contribution in [1.82, 2.24) is 0 Å².